The maximum Gasteiger partial charge on any atom is 0.161 e. The number of benzene rings is 2. The van der Waals surface area contributed by atoms with E-state index in [2.05, 4.69) is 22.0 Å². The molecule has 2 aromatic rings. The van der Waals surface area contributed by atoms with E-state index in [1.54, 1.807) is 14.2 Å². The van der Waals surface area contributed by atoms with E-state index in [-0.39, 0.29) is 4.83 Å². The molecule has 0 aliphatic heterocycles. The average Bonchev–Trinajstić information content (AvgIpc) is 2.48. The maximum atomic E-state index is 6.07. The van der Waals surface area contributed by atoms with E-state index in [4.69, 9.17) is 21.1 Å². The highest BCUT2D eigenvalue weighted by molar-refractivity contribution is 9.09. The molecular formula is C16H16BrClO2. The lowest BCUT2D eigenvalue weighted by molar-refractivity contribution is 0.354. The summed E-state index contributed by atoms with van der Waals surface area (Å²) >= 11 is 9.79. The molecule has 0 amide bonds. The summed E-state index contributed by atoms with van der Waals surface area (Å²) in [6.07, 6.45) is 0. The van der Waals surface area contributed by atoms with Crippen LogP contribution in [0.4, 0.5) is 0 Å². The van der Waals surface area contributed by atoms with Crippen LogP contribution in [0.3, 0.4) is 0 Å². The van der Waals surface area contributed by atoms with Gasteiger partial charge in [-0.3, -0.25) is 0 Å². The van der Waals surface area contributed by atoms with Crippen LogP contribution in [0.2, 0.25) is 5.02 Å². The van der Waals surface area contributed by atoms with Gasteiger partial charge < -0.3 is 9.47 Å². The minimum absolute atomic E-state index is 0.0817. The fraction of sp³-hybridized carbons (Fsp3) is 0.250. The quantitative estimate of drug-likeness (QED) is 0.706. The van der Waals surface area contributed by atoms with E-state index in [0.29, 0.717) is 0 Å². The molecule has 4 heteroatoms. The Morgan fingerprint density at radius 2 is 1.55 bits per heavy atom. The summed E-state index contributed by atoms with van der Waals surface area (Å²) in [6.45, 7) is 2.00. The summed E-state index contributed by atoms with van der Waals surface area (Å²) in [5.41, 5.74) is 3.32. The van der Waals surface area contributed by atoms with Gasteiger partial charge in [-0.15, -0.1) is 0 Å². The van der Waals surface area contributed by atoms with Crippen LogP contribution in [-0.2, 0) is 0 Å². The molecule has 0 N–H and O–H groups in total. The molecule has 2 rings (SSSR count). The molecule has 0 fully saturated rings. The van der Waals surface area contributed by atoms with Crippen molar-refractivity contribution >= 4 is 27.5 Å². The predicted octanol–water partition coefficient (Wildman–Crippen LogP) is 5.15. The molecule has 0 heterocycles. The van der Waals surface area contributed by atoms with Gasteiger partial charge in [-0.1, -0.05) is 45.7 Å². The Morgan fingerprint density at radius 1 is 0.950 bits per heavy atom. The van der Waals surface area contributed by atoms with E-state index in [1.165, 1.54) is 0 Å². The maximum absolute atomic E-state index is 6.07. The number of aryl methyl sites for hydroxylation is 1. The third-order valence-electron chi connectivity index (χ3n) is 3.17. The second kappa shape index (κ2) is 6.51. The van der Waals surface area contributed by atoms with Gasteiger partial charge in [-0.25, -0.2) is 0 Å². The van der Waals surface area contributed by atoms with Crippen molar-refractivity contribution in [2.24, 2.45) is 0 Å². The molecule has 0 spiro atoms. The molecule has 0 radical (unpaired) electrons. The summed E-state index contributed by atoms with van der Waals surface area (Å²) < 4.78 is 10.6. The van der Waals surface area contributed by atoms with Crippen LogP contribution in [0.5, 0.6) is 11.5 Å². The van der Waals surface area contributed by atoms with Gasteiger partial charge in [-0.2, -0.15) is 0 Å². The van der Waals surface area contributed by atoms with Gasteiger partial charge in [0.15, 0.2) is 11.5 Å². The largest absolute Gasteiger partial charge is 0.493 e. The molecule has 2 nitrogen and oxygen atoms in total. The molecule has 2 aromatic carbocycles. The average molecular weight is 356 g/mol. The summed E-state index contributed by atoms with van der Waals surface area (Å²) in [4.78, 5) is 0.0817. The van der Waals surface area contributed by atoms with Crippen molar-refractivity contribution in [1.29, 1.82) is 0 Å². The van der Waals surface area contributed by atoms with Gasteiger partial charge in [0.05, 0.1) is 19.0 Å². The lowest BCUT2D eigenvalue weighted by atomic mass is 10.0. The van der Waals surface area contributed by atoms with E-state index in [0.717, 1.165) is 33.2 Å². The van der Waals surface area contributed by atoms with Crippen molar-refractivity contribution in [3.8, 4) is 11.5 Å². The topological polar surface area (TPSA) is 18.5 Å². The molecule has 0 saturated heterocycles. The smallest absolute Gasteiger partial charge is 0.161 e. The van der Waals surface area contributed by atoms with Crippen molar-refractivity contribution in [1.82, 2.24) is 0 Å². The minimum atomic E-state index is 0.0817. The van der Waals surface area contributed by atoms with Crippen LogP contribution in [0, 0.1) is 6.92 Å². The number of hydrogen-bond donors (Lipinski definition) is 0. The zero-order chi connectivity index (χ0) is 14.7. The first kappa shape index (κ1) is 15.2. The minimum Gasteiger partial charge on any atom is -0.493 e. The second-order valence-electron chi connectivity index (χ2n) is 4.49. The summed E-state index contributed by atoms with van der Waals surface area (Å²) in [5.74, 6) is 1.45. The van der Waals surface area contributed by atoms with E-state index < -0.39 is 0 Å². The lowest BCUT2D eigenvalue weighted by Gasteiger charge is -2.15. The molecule has 0 aliphatic rings. The summed E-state index contributed by atoms with van der Waals surface area (Å²) in [5, 5.41) is 0.778. The Kier molecular flexibility index (Phi) is 4.95. The van der Waals surface area contributed by atoms with Gasteiger partial charge >= 0.3 is 0 Å². The molecule has 1 unspecified atom stereocenters. The first-order valence-electron chi connectivity index (χ1n) is 6.19. The van der Waals surface area contributed by atoms with Crippen molar-refractivity contribution in [2.75, 3.05) is 14.2 Å². The molecule has 106 valence electrons. The third kappa shape index (κ3) is 3.10. The van der Waals surface area contributed by atoms with E-state index in [1.807, 2.05) is 37.3 Å². The van der Waals surface area contributed by atoms with Gasteiger partial charge in [0.25, 0.3) is 0 Å². The molecule has 0 saturated carbocycles. The standard InChI is InChI=1S/C16H16BrClO2/c1-10-8-11(4-6-13(10)18)16(17)12-5-7-14(19-2)15(9-12)20-3/h4-9,16H,1-3H3. The highest BCUT2D eigenvalue weighted by Gasteiger charge is 2.14. The highest BCUT2D eigenvalue weighted by Crippen LogP contribution is 2.37. The number of halogens is 2. The number of hydrogen-bond acceptors (Lipinski definition) is 2. The Balaban J connectivity index is 2.37. The number of methoxy groups -OCH3 is 2. The number of rotatable bonds is 4. The Labute approximate surface area is 132 Å². The van der Waals surface area contributed by atoms with Gasteiger partial charge in [-0.05, 0) is 41.8 Å². The van der Waals surface area contributed by atoms with Crippen LogP contribution >= 0.6 is 27.5 Å². The van der Waals surface area contributed by atoms with Gasteiger partial charge in [0.2, 0.25) is 0 Å². The second-order valence-corrected chi connectivity index (χ2v) is 5.81. The fourth-order valence-corrected chi connectivity index (χ4v) is 2.72. The van der Waals surface area contributed by atoms with Crippen LogP contribution in [0.25, 0.3) is 0 Å². The normalized spacial score (nSPS) is 12.1. The van der Waals surface area contributed by atoms with Crippen LogP contribution < -0.4 is 9.47 Å². The summed E-state index contributed by atoms with van der Waals surface area (Å²) in [7, 11) is 3.27. The molecule has 0 bridgehead atoms. The zero-order valence-corrected chi connectivity index (χ0v) is 14.0. The zero-order valence-electron chi connectivity index (χ0n) is 11.6. The molecule has 0 aliphatic carbocycles. The molecule has 20 heavy (non-hydrogen) atoms. The Morgan fingerprint density at radius 3 is 2.15 bits per heavy atom. The SMILES string of the molecule is COc1ccc(C(Br)c2ccc(Cl)c(C)c2)cc1OC. The molecule has 1 atom stereocenters. The Hall–Kier alpha value is -1.19. The predicted molar refractivity (Wildman–Crippen MR) is 86.5 cm³/mol. The Bertz CT molecular complexity index is 613. The van der Waals surface area contributed by atoms with Gasteiger partial charge in [0, 0.05) is 5.02 Å². The van der Waals surface area contributed by atoms with Crippen molar-refractivity contribution < 1.29 is 9.47 Å². The first-order valence-corrected chi connectivity index (χ1v) is 7.48. The molecule has 0 aromatic heterocycles. The van der Waals surface area contributed by atoms with Crippen LogP contribution in [0.15, 0.2) is 36.4 Å². The fourth-order valence-electron chi connectivity index (χ4n) is 2.03. The lowest BCUT2D eigenvalue weighted by Crippen LogP contribution is -1.96. The summed E-state index contributed by atoms with van der Waals surface area (Å²) in [6, 6.07) is 11.9. The number of ether oxygens (including phenoxy) is 2. The van der Waals surface area contributed by atoms with E-state index in [9.17, 15) is 0 Å². The first-order chi connectivity index (χ1) is 9.56. The molecular weight excluding hydrogens is 340 g/mol. The highest BCUT2D eigenvalue weighted by atomic mass is 79.9. The van der Waals surface area contributed by atoms with Crippen molar-refractivity contribution in [2.45, 2.75) is 11.8 Å². The van der Waals surface area contributed by atoms with Crippen LogP contribution in [0.1, 0.15) is 21.5 Å². The monoisotopic (exact) mass is 354 g/mol. The van der Waals surface area contributed by atoms with Crippen molar-refractivity contribution in [3.05, 3.63) is 58.1 Å². The number of alkyl halides is 1. The third-order valence-corrected chi connectivity index (χ3v) is 4.66. The van der Waals surface area contributed by atoms with Crippen LogP contribution in [-0.4, -0.2) is 14.2 Å². The van der Waals surface area contributed by atoms with E-state index >= 15 is 0 Å². The van der Waals surface area contributed by atoms with Crippen molar-refractivity contribution in [3.63, 3.8) is 0 Å². The van der Waals surface area contributed by atoms with Gasteiger partial charge in [0.1, 0.15) is 0 Å².